The first kappa shape index (κ1) is 19.3. The van der Waals surface area contributed by atoms with E-state index in [0.29, 0.717) is 27.1 Å². The van der Waals surface area contributed by atoms with Crippen LogP contribution in [0.1, 0.15) is 5.56 Å². The van der Waals surface area contributed by atoms with E-state index in [2.05, 4.69) is 16.2 Å². The Labute approximate surface area is 169 Å². The second kappa shape index (κ2) is 8.49. The first-order chi connectivity index (χ1) is 13.0. The molecule has 1 saturated heterocycles. The molecule has 0 aliphatic carbocycles. The molecule has 0 atom stereocenters. The molecule has 2 aromatic rings. The average Bonchev–Trinajstić information content (AvgIpc) is 2.95. The van der Waals surface area contributed by atoms with Crippen molar-refractivity contribution in [1.82, 2.24) is 5.32 Å². The molecule has 0 spiro atoms. The molecule has 1 heterocycles. The molecule has 136 valence electrons. The van der Waals surface area contributed by atoms with Crippen LogP contribution < -0.4 is 10.1 Å². The van der Waals surface area contributed by atoms with Crippen molar-refractivity contribution >= 4 is 57.8 Å². The smallest absolute Gasteiger partial charge is 0.264 e. The highest BCUT2D eigenvalue weighted by Gasteiger charge is 2.24. The van der Waals surface area contributed by atoms with E-state index < -0.39 is 0 Å². The van der Waals surface area contributed by atoms with Crippen LogP contribution >= 0.6 is 35.0 Å². The van der Waals surface area contributed by atoms with Crippen molar-refractivity contribution in [2.24, 2.45) is 4.99 Å². The first-order valence-corrected chi connectivity index (χ1v) is 9.14. The minimum Gasteiger partial charge on any atom is -0.478 e. The lowest BCUT2D eigenvalue weighted by molar-refractivity contribution is -0.115. The molecule has 1 fully saturated rings. The van der Waals surface area contributed by atoms with Gasteiger partial charge in [-0.05, 0) is 59.8 Å². The molecule has 0 unspecified atom stereocenters. The van der Waals surface area contributed by atoms with Crippen LogP contribution in [0.25, 0.3) is 6.08 Å². The highest BCUT2D eigenvalue weighted by molar-refractivity contribution is 8.18. The van der Waals surface area contributed by atoms with Crippen molar-refractivity contribution in [3.05, 3.63) is 62.7 Å². The van der Waals surface area contributed by atoms with Gasteiger partial charge in [0.15, 0.2) is 10.9 Å². The Bertz CT molecular complexity index is 975. The number of benzene rings is 2. The van der Waals surface area contributed by atoms with Gasteiger partial charge in [-0.2, -0.15) is 0 Å². The maximum atomic E-state index is 13.0. The molecule has 1 aliphatic heterocycles. The van der Waals surface area contributed by atoms with Crippen molar-refractivity contribution < 1.29 is 13.9 Å². The zero-order valence-corrected chi connectivity index (χ0v) is 16.0. The van der Waals surface area contributed by atoms with Crippen LogP contribution in [-0.4, -0.2) is 17.7 Å². The molecule has 4 nitrogen and oxygen atoms in total. The summed E-state index contributed by atoms with van der Waals surface area (Å²) < 4.78 is 18.3. The lowest BCUT2D eigenvalue weighted by Gasteiger charge is -2.08. The van der Waals surface area contributed by atoms with E-state index in [9.17, 15) is 9.18 Å². The second-order valence-electron chi connectivity index (χ2n) is 5.26. The number of terminal acetylenes is 1. The third-order valence-corrected chi connectivity index (χ3v) is 4.80. The third-order valence-electron chi connectivity index (χ3n) is 3.33. The Hall–Kier alpha value is -2.46. The number of nitrogens with zero attached hydrogens (tertiary/aromatic N) is 1. The van der Waals surface area contributed by atoms with Gasteiger partial charge in [-0.25, -0.2) is 9.38 Å². The number of amidine groups is 1. The number of nitrogens with one attached hydrogen (secondary N) is 1. The average molecular weight is 421 g/mol. The zero-order valence-electron chi connectivity index (χ0n) is 13.6. The van der Waals surface area contributed by atoms with Gasteiger partial charge in [-0.15, -0.1) is 6.42 Å². The number of hydrogen-bond donors (Lipinski definition) is 1. The van der Waals surface area contributed by atoms with Gasteiger partial charge in [-0.1, -0.05) is 29.1 Å². The van der Waals surface area contributed by atoms with Crippen molar-refractivity contribution in [2.75, 3.05) is 6.61 Å². The van der Waals surface area contributed by atoms with Gasteiger partial charge in [0.25, 0.3) is 5.91 Å². The quantitative estimate of drug-likeness (QED) is 0.556. The summed E-state index contributed by atoms with van der Waals surface area (Å²) in [6.45, 7) is 0.0430. The predicted octanol–water partition coefficient (Wildman–Crippen LogP) is 5.04. The number of halogens is 3. The number of ether oxygens (including phenoxy) is 1. The van der Waals surface area contributed by atoms with Crippen molar-refractivity contribution in [3.63, 3.8) is 0 Å². The lowest BCUT2D eigenvalue weighted by Crippen LogP contribution is -2.19. The third kappa shape index (κ3) is 4.83. The number of aliphatic imine (C=N–C) groups is 1. The zero-order chi connectivity index (χ0) is 19.4. The lowest BCUT2D eigenvalue weighted by atomic mass is 10.2. The van der Waals surface area contributed by atoms with Crippen molar-refractivity contribution in [3.8, 4) is 18.1 Å². The molecule has 1 aliphatic rings. The highest BCUT2D eigenvalue weighted by atomic mass is 35.5. The molecule has 3 rings (SSSR count). The van der Waals surface area contributed by atoms with Gasteiger partial charge in [0.2, 0.25) is 0 Å². The van der Waals surface area contributed by atoms with E-state index in [1.807, 2.05) is 0 Å². The predicted molar refractivity (Wildman–Crippen MR) is 108 cm³/mol. The number of amides is 1. The molecular formula is C19H11Cl2FN2O2S. The van der Waals surface area contributed by atoms with Crippen LogP contribution in [0.3, 0.4) is 0 Å². The Morgan fingerprint density at radius 2 is 1.93 bits per heavy atom. The minimum atomic E-state index is -0.355. The minimum absolute atomic E-state index is 0.0430. The molecule has 2 aromatic carbocycles. The summed E-state index contributed by atoms with van der Waals surface area (Å²) in [7, 11) is 0. The molecule has 0 radical (unpaired) electrons. The van der Waals surface area contributed by atoms with Crippen LogP contribution in [0.5, 0.6) is 5.75 Å². The number of carbonyl (C=O) groups is 1. The van der Waals surface area contributed by atoms with Gasteiger partial charge in [-0.3, -0.25) is 4.79 Å². The molecule has 1 N–H and O–H groups in total. The van der Waals surface area contributed by atoms with E-state index in [-0.39, 0.29) is 28.4 Å². The molecule has 27 heavy (non-hydrogen) atoms. The molecular weight excluding hydrogens is 410 g/mol. The van der Waals surface area contributed by atoms with Gasteiger partial charge in [0.05, 0.1) is 20.6 Å². The van der Waals surface area contributed by atoms with Gasteiger partial charge < -0.3 is 10.1 Å². The molecule has 8 heteroatoms. The molecule has 0 saturated carbocycles. The molecule has 1 amide bonds. The van der Waals surface area contributed by atoms with Crippen molar-refractivity contribution in [1.29, 1.82) is 0 Å². The Kier molecular flexibility index (Phi) is 6.07. The van der Waals surface area contributed by atoms with E-state index in [1.165, 1.54) is 24.3 Å². The number of rotatable bonds is 4. The number of carbonyl (C=O) groups excluding carboxylic acids is 1. The number of hydrogen-bond acceptors (Lipinski definition) is 4. The van der Waals surface area contributed by atoms with Gasteiger partial charge in [0.1, 0.15) is 12.4 Å². The number of thioether (sulfide) groups is 1. The summed E-state index contributed by atoms with van der Waals surface area (Å²) in [5.74, 6) is 1.97. The summed E-state index contributed by atoms with van der Waals surface area (Å²) in [6.07, 6.45) is 6.79. The fourth-order valence-electron chi connectivity index (χ4n) is 2.18. The summed E-state index contributed by atoms with van der Waals surface area (Å²) in [5.41, 5.74) is 1.15. The van der Waals surface area contributed by atoms with E-state index in [4.69, 9.17) is 34.4 Å². The monoisotopic (exact) mass is 420 g/mol. The summed E-state index contributed by atoms with van der Waals surface area (Å²) in [6, 6.07) is 8.87. The Morgan fingerprint density at radius 1 is 1.26 bits per heavy atom. The summed E-state index contributed by atoms with van der Waals surface area (Å²) in [5, 5.41) is 3.62. The highest BCUT2D eigenvalue weighted by Crippen LogP contribution is 2.36. The normalized spacial score (nSPS) is 16.4. The maximum Gasteiger partial charge on any atom is 0.264 e. The Balaban J connectivity index is 1.82. The Morgan fingerprint density at radius 3 is 2.56 bits per heavy atom. The topological polar surface area (TPSA) is 50.7 Å². The van der Waals surface area contributed by atoms with Crippen LogP contribution in [0, 0.1) is 18.2 Å². The fraction of sp³-hybridized carbons (Fsp3) is 0.0526. The largest absolute Gasteiger partial charge is 0.478 e. The van der Waals surface area contributed by atoms with Gasteiger partial charge in [0, 0.05) is 0 Å². The summed E-state index contributed by atoms with van der Waals surface area (Å²) in [4.78, 5) is 16.8. The molecule has 0 aromatic heterocycles. The summed E-state index contributed by atoms with van der Waals surface area (Å²) >= 11 is 13.5. The van der Waals surface area contributed by atoms with Gasteiger partial charge >= 0.3 is 0 Å². The van der Waals surface area contributed by atoms with E-state index >= 15 is 0 Å². The van der Waals surface area contributed by atoms with Crippen molar-refractivity contribution in [2.45, 2.75) is 0 Å². The standard InChI is InChI=1S/C19H11Cl2FN2O2S/c1-2-7-26-17-14(20)8-11(9-15(17)21)10-16-18(25)24-19(27-16)23-13-5-3-12(22)4-6-13/h1,3-6,8-10H,7H2,(H,23,24,25)/b16-10+. The van der Waals surface area contributed by atoms with Crippen LogP contribution in [-0.2, 0) is 4.79 Å². The van der Waals surface area contributed by atoms with Crippen LogP contribution in [0.15, 0.2) is 46.3 Å². The van der Waals surface area contributed by atoms with Crippen LogP contribution in [0.2, 0.25) is 10.0 Å². The second-order valence-corrected chi connectivity index (χ2v) is 7.11. The van der Waals surface area contributed by atoms with E-state index in [0.717, 1.165) is 11.8 Å². The molecule has 0 bridgehead atoms. The van der Waals surface area contributed by atoms with E-state index in [1.54, 1.807) is 18.2 Å². The first-order valence-electron chi connectivity index (χ1n) is 7.56. The maximum absolute atomic E-state index is 13.0. The fourth-order valence-corrected chi connectivity index (χ4v) is 3.63. The van der Waals surface area contributed by atoms with Crippen LogP contribution in [0.4, 0.5) is 10.1 Å². The SMILES string of the molecule is C#CCOc1c(Cl)cc(/C=C2/SC(=Nc3ccc(F)cc3)NC2=O)cc1Cl.